The highest BCUT2D eigenvalue weighted by molar-refractivity contribution is 6.17. The maximum absolute atomic E-state index is 6.20. The number of imidazole rings is 1. The van der Waals surface area contributed by atoms with Crippen LogP contribution in [0.2, 0.25) is 0 Å². The van der Waals surface area contributed by atoms with E-state index in [2.05, 4.69) is 65.9 Å². The van der Waals surface area contributed by atoms with Gasteiger partial charge in [0.25, 0.3) is 0 Å². The van der Waals surface area contributed by atoms with E-state index in [-0.39, 0.29) is 0 Å². The molecule has 2 aromatic carbocycles. The predicted octanol–water partition coefficient (Wildman–Crippen LogP) is 5.20. The van der Waals surface area contributed by atoms with Crippen LogP contribution in [0.4, 0.5) is 0 Å². The molecule has 0 N–H and O–H groups in total. The molecule has 4 rings (SSSR count). The van der Waals surface area contributed by atoms with Gasteiger partial charge in [0.15, 0.2) is 0 Å². The van der Waals surface area contributed by atoms with Crippen molar-refractivity contribution in [2.45, 2.75) is 12.8 Å². The highest BCUT2D eigenvalue weighted by Gasteiger charge is 2.13. The van der Waals surface area contributed by atoms with Crippen LogP contribution in [-0.4, -0.2) is 9.38 Å². The van der Waals surface area contributed by atoms with Crippen molar-refractivity contribution < 1.29 is 0 Å². The van der Waals surface area contributed by atoms with E-state index in [0.717, 1.165) is 22.6 Å². The van der Waals surface area contributed by atoms with E-state index in [1.165, 1.54) is 16.3 Å². The van der Waals surface area contributed by atoms with Crippen molar-refractivity contribution in [3.63, 3.8) is 0 Å². The van der Waals surface area contributed by atoms with E-state index >= 15 is 0 Å². The monoisotopic (exact) mass is 306 g/mol. The van der Waals surface area contributed by atoms with Crippen molar-refractivity contribution in [3.8, 4) is 11.3 Å². The summed E-state index contributed by atoms with van der Waals surface area (Å²) in [5.74, 6) is 0.437. The van der Waals surface area contributed by atoms with Gasteiger partial charge in [-0.25, -0.2) is 4.98 Å². The lowest BCUT2D eigenvalue weighted by Crippen LogP contribution is -1.91. The van der Waals surface area contributed by atoms with E-state index in [0.29, 0.717) is 5.88 Å². The molecule has 2 nitrogen and oxygen atoms in total. The standard InChI is InChI=1S/C19H15ClN2/c1-13-8-9-22-17(12-20)19(21-18(22)10-13)16-7-6-14-4-2-3-5-15(14)11-16/h2-11H,12H2,1H3. The van der Waals surface area contributed by atoms with Gasteiger partial charge in [-0.15, -0.1) is 11.6 Å². The van der Waals surface area contributed by atoms with E-state index in [4.69, 9.17) is 16.6 Å². The van der Waals surface area contributed by atoms with Gasteiger partial charge >= 0.3 is 0 Å². The molecule has 0 saturated heterocycles. The van der Waals surface area contributed by atoms with Gasteiger partial charge in [-0.3, -0.25) is 0 Å². The van der Waals surface area contributed by atoms with Crippen LogP contribution >= 0.6 is 11.6 Å². The Balaban J connectivity index is 1.98. The molecule has 0 fully saturated rings. The van der Waals surface area contributed by atoms with E-state index in [1.54, 1.807) is 0 Å². The number of halogens is 1. The molecule has 0 aliphatic rings. The van der Waals surface area contributed by atoms with Crippen molar-refractivity contribution in [3.05, 3.63) is 72.1 Å². The summed E-state index contributed by atoms with van der Waals surface area (Å²) in [4.78, 5) is 4.80. The molecule has 0 aliphatic carbocycles. The molecule has 2 aromatic heterocycles. The third-order valence-electron chi connectivity index (χ3n) is 4.03. The number of hydrogen-bond acceptors (Lipinski definition) is 1. The van der Waals surface area contributed by atoms with Crippen molar-refractivity contribution in [1.29, 1.82) is 0 Å². The van der Waals surface area contributed by atoms with Crippen LogP contribution in [0.1, 0.15) is 11.3 Å². The average molecular weight is 307 g/mol. The number of hydrogen-bond donors (Lipinski definition) is 0. The topological polar surface area (TPSA) is 17.3 Å². The Morgan fingerprint density at radius 2 is 1.82 bits per heavy atom. The second kappa shape index (κ2) is 5.15. The van der Waals surface area contributed by atoms with Gasteiger partial charge in [-0.1, -0.05) is 36.4 Å². The summed E-state index contributed by atoms with van der Waals surface area (Å²) in [5, 5.41) is 2.45. The number of aryl methyl sites for hydroxylation is 1. The normalized spacial score (nSPS) is 11.4. The first-order valence-electron chi connectivity index (χ1n) is 7.29. The number of benzene rings is 2. The maximum atomic E-state index is 6.20. The number of rotatable bonds is 2. The smallest absolute Gasteiger partial charge is 0.137 e. The SMILES string of the molecule is Cc1ccn2c(CCl)c(-c3ccc4ccccc4c3)nc2c1. The Morgan fingerprint density at radius 1 is 1.00 bits per heavy atom. The fourth-order valence-electron chi connectivity index (χ4n) is 2.89. The minimum Gasteiger partial charge on any atom is -0.302 e. The van der Waals surface area contributed by atoms with Gasteiger partial charge in [0, 0.05) is 11.8 Å². The first-order valence-corrected chi connectivity index (χ1v) is 7.82. The second-order valence-corrected chi connectivity index (χ2v) is 5.80. The number of alkyl halides is 1. The zero-order chi connectivity index (χ0) is 15.1. The van der Waals surface area contributed by atoms with Gasteiger partial charge in [0.1, 0.15) is 5.65 Å². The number of fused-ring (bicyclic) bond motifs is 2. The summed E-state index contributed by atoms with van der Waals surface area (Å²) in [6.07, 6.45) is 2.04. The van der Waals surface area contributed by atoms with Crippen molar-refractivity contribution in [2.24, 2.45) is 0 Å². The Morgan fingerprint density at radius 3 is 2.64 bits per heavy atom. The van der Waals surface area contributed by atoms with Crippen molar-refractivity contribution in [1.82, 2.24) is 9.38 Å². The average Bonchev–Trinajstić information content (AvgIpc) is 2.91. The lowest BCUT2D eigenvalue weighted by atomic mass is 10.0. The van der Waals surface area contributed by atoms with Crippen LogP contribution in [0.3, 0.4) is 0 Å². The summed E-state index contributed by atoms with van der Waals surface area (Å²) in [6.45, 7) is 2.07. The van der Waals surface area contributed by atoms with Gasteiger partial charge in [-0.2, -0.15) is 0 Å². The van der Waals surface area contributed by atoms with Crippen LogP contribution in [0, 0.1) is 6.92 Å². The zero-order valence-corrected chi connectivity index (χ0v) is 13.0. The molecule has 108 valence electrons. The highest BCUT2D eigenvalue weighted by atomic mass is 35.5. The second-order valence-electron chi connectivity index (χ2n) is 5.53. The van der Waals surface area contributed by atoms with Gasteiger partial charge in [0.2, 0.25) is 0 Å². The molecule has 0 aliphatic heterocycles. The minimum atomic E-state index is 0.437. The first-order chi connectivity index (χ1) is 10.8. The first kappa shape index (κ1) is 13.4. The quantitative estimate of drug-likeness (QED) is 0.465. The molecule has 3 heteroatoms. The summed E-state index contributed by atoms with van der Waals surface area (Å²) in [6, 6.07) is 19.0. The molecular formula is C19H15ClN2. The minimum absolute atomic E-state index is 0.437. The van der Waals surface area contributed by atoms with Crippen molar-refractivity contribution in [2.75, 3.05) is 0 Å². The van der Waals surface area contributed by atoms with Crippen molar-refractivity contribution >= 4 is 28.0 Å². The number of nitrogens with zero attached hydrogens (tertiary/aromatic N) is 2. The Bertz CT molecular complexity index is 985. The fourth-order valence-corrected chi connectivity index (χ4v) is 3.15. The fraction of sp³-hybridized carbons (Fsp3) is 0.105. The zero-order valence-electron chi connectivity index (χ0n) is 12.3. The lowest BCUT2D eigenvalue weighted by molar-refractivity contribution is 1.08. The van der Waals surface area contributed by atoms with Crippen LogP contribution in [0.25, 0.3) is 27.7 Å². The van der Waals surface area contributed by atoms with E-state index in [1.807, 2.05) is 6.20 Å². The molecule has 0 bridgehead atoms. The van der Waals surface area contributed by atoms with Crippen LogP contribution < -0.4 is 0 Å². The third-order valence-corrected chi connectivity index (χ3v) is 4.28. The predicted molar refractivity (Wildman–Crippen MR) is 92.4 cm³/mol. The van der Waals surface area contributed by atoms with Crippen LogP contribution in [-0.2, 0) is 5.88 Å². The van der Waals surface area contributed by atoms with Crippen LogP contribution in [0.15, 0.2) is 60.8 Å². The Labute approximate surface area is 134 Å². The summed E-state index contributed by atoms with van der Waals surface area (Å²) < 4.78 is 2.07. The molecule has 0 atom stereocenters. The van der Waals surface area contributed by atoms with E-state index in [9.17, 15) is 0 Å². The molecule has 4 aromatic rings. The van der Waals surface area contributed by atoms with Gasteiger partial charge in [0.05, 0.1) is 17.3 Å². The highest BCUT2D eigenvalue weighted by Crippen LogP contribution is 2.28. The van der Waals surface area contributed by atoms with E-state index < -0.39 is 0 Å². The maximum Gasteiger partial charge on any atom is 0.137 e. The molecular weight excluding hydrogens is 292 g/mol. The molecule has 22 heavy (non-hydrogen) atoms. The van der Waals surface area contributed by atoms with Gasteiger partial charge in [-0.05, 0) is 41.5 Å². The van der Waals surface area contributed by atoms with Crippen LogP contribution in [0.5, 0.6) is 0 Å². The largest absolute Gasteiger partial charge is 0.302 e. The Kier molecular flexibility index (Phi) is 3.12. The number of aromatic nitrogens is 2. The molecule has 2 heterocycles. The summed E-state index contributed by atoms with van der Waals surface area (Å²) in [5.41, 5.74) is 5.25. The summed E-state index contributed by atoms with van der Waals surface area (Å²) in [7, 11) is 0. The number of pyridine rings is 1. The Hall–Kier alpha value is -2.32. The molecule has 0 saturated carbocycles. The lowest BCUT2D eigenvalue weighted by Gasteiger charge is -2.04. The van der Waals surface area contributed by atoms with Gasteiger partial charge < -0.3 is 4.40 Å². The summed E-state index contributed by atoms with van der Waals surface area (Å²) >= 11 is 6.20. The molecule has 0 amide bonds. The molecule has 0 radical (unpaired) electrons. The molecule has 0 unspecified atom stereocenters. The third kappa shape index (κ3) is 2.08. The molecule has 0 spiro atoms.